The number of carbonyl (C=O) groups is 1. The van der Waals surface area contributed by atoms with Gasteiger partial charge in [-0.1, -0.05) is 0 Å². The topological polar surface area (TPSA) is 90.7 Å². The molecule has 3 aromatic rings. The van der Waals surface area contributed by atoms with Crippen molar-refractivity contribution in [3.8, 4) is 5.69 Å². The average Bonchev–Trinajstić information content (AvgIpc) is 3.72. The zero-order chi connectivity index (χ0) is 29.8. The molecule has 3 heterocycles. The molecule has 1 aliphatic carbocycles. The van der Waals surface area contributed by atoms with Crippen LogP contribution in [0.2, 0.25) is 0 Å². The maximum Gasteiger partial charge on any atom is 0.408 e. The van der Waals surface area contributed by atoms with Crippen LogP contribution in [0.3, 0.4) is 0 Å². The summed E-state index contributed by atoms with van der Waals surface area (Å²) in [5.41, 5.74) is -3.74. The van der Waals surface area contributed by atoms with E-state index in [-0.39, 0.29) is 25.2 Å². The molecule has 1 aromatic carbocycles. The van der Waals surface area contributed by atoms with E-state index in [9.17, 15) is 41.0 Å². The van der Waals surface area contributed by atoms with Crippen molar-refractivity contribution < 1.29 is 40.6 Å². The zero-order valence-corrected chi connectivity index (χ0v) is 21.5. The number of alkyl halides is 3. The van der Waals surface area contributed by atoms with Crippen LogP contribution < -0.4 is 15.6 Å². The normalized spacial score (nSPS) is 19.0. The molecule has 0 bridgehead atoms. The first kappa shape index (κ1) is 28.8. The van der Waals surface area contributed by atoms with Crippen molar-refractivity contribution >= 4 is 22.8 Å². The van der Waals surface area contributed by atoms with Crippen molar-refractivity contribution in [2.24, 2.45) is 5.92 Å². The number of amides is 1. The monoisotopic (exact) mass is 587 g/mol. The van der Waals surface area contributed by atoms with E-state index in [1.54, 1.807) is 12.4 Å². The Labute approximate surface area is 228 Å². The Morgan fingerprint density at radius 2 is 1.76 bits per heavy atom. The molecule has 1 saturated carbocycles. The fraction of sp³-hybridized carbons (Fsp3) is 0.423. The Bertz CT molecular complexity index is 1550. The minimum atomic E-state index is -4.84. The Hall–Kier alpha value is -3.72. The van der Waals surface area contributed by atoms with E-state index in [1.807, 2.05) is 4.90 Å². The van der Waals surface area contributed by atoms with Crippen LogP contribution in [0, 0.1) is 29.2 Å². The lowest BCUT2D eigenvalue weighted by Crippen LogP contribution is -2.54. The van der Waals surface area contributed by atoms with Crippen LogP contribution in [0.1, 0.15) is 23.2 Å². The van der Waals surface area contributed by atoms with Crippen LogP contribution in [0.4, 0.5) is 36.6 Å². The number of halogens is 7. The molecule has 220 valence electrons. The molecule has 15 heteroatoms. The standard InChI is InChI=1S/C26H24F7N5O3/c1-36-4-5-37(14(9-36)11-39)24-19(30)8-15-21(40)16(25(41)34-22(12-2-3-12)26(31,32)33)10-38(23(15)35-24)20-17(28)6-13(27)7-18(20)29/h6-8,10,12,14,22,39H,2-5,9,11H2,1H3,(H,34,41). The summed E-state index contributed by atoms with van der Waals surface area (Å²) in [6.07, 6.45) is -3.85. The smallest absolute Gasteiger partial charge is 0.394 e. The zero-order valence-electron chi connectivity index (χ0n) is 21.5. The number of likely N-dealkylation sites (N-methyl/N-ethyl adjacent to an activating group) is 1. The largest absolute Gasteiger partial charge is 0.408 e. The minimum absolute atomic E-state index is 0.182. The summed E-state index contributed by atoms with van der Waals surface area (Å²) in [4.78, 5) is 33.7. The van der Waals surface area contributed by atoms with Gasteiger partial charge in [0.1, 0.15) is 23.1 Å². The van der Waals surface area contributed by atoms with Crippen molar-refractivity contribution in [1.82, 2.24) is 19.8 Å². The summed E-state index contributed by atoms with van der Waals surface area (Å²) in [6, 6.07) is -1.60. The SMILES string of the molecule is CN1CCN(c2nc3c(cc2F)c(=O)c(C(=O)NC(C2CC2)C(F)(F)F)cn3-c2c(F)cc(F)cc2F)C(CO)C1. The van der Waals surface area contributed by atoms with E-state index >= 15 is 4.39 Å². The van der Waals surface area contributed by atoms with Crippen LogP contribution in [0.15, 0.2) is 29.2 Å². The first-order valence-electron chi connectivity index (χ1n) is 12.6. The van der Waals surface area contributed by atoms with Crippen LogP contribution in [0.25, 0.3) is 16.7 Å². The molecule has 5 rings (SSSR count). The number of piperazine rings is 1. The molecule has 41 heavy (non-hydrogen) atoms. The third kappa shape index (κ3) is 5.47. The molecule has 1 saturated heterocycles. The Morgan fingerprint density at radius 1 is 1.10 bits per heavy atom. The first-order valence-corrected chi connectivity index (χ1v) is 12.6. The number of carbonyl (C=O) groups excluding carboxylic acids is 1. The second-order valence-corrected chi connectivity index (χ2v) is 10.2. The summed E-state index contributed by atoms with van der Waals surface area (Å²) in [7, 11) is 1.78. The lowest BCUT2D eigenvalue weighted by atomic mass is 10.1. The summed E-state index contributed by atoms with van der Waals surface area (Å²) in [6.45, 7) is 0.521. The van der Waals surface area contributed by atoms with Gasteiger partial charge in [0.25, 0.3) is 5.91 Å². The number of pyridine rings is 2. The lowest BCUT2D eigenvalue weighted by Gasteiger charge is -2.40. The van der Waals surface area contributed by atoms with Crippen molar-refractivity contribution in [3.63, 3.8) is 0 Å². The van der Waals surface area contributed by atoms with Gasteiger partial charge in [0.15, 0.2) is 28.9 Å². The minimum Gasteiger partial charge on any atom is -0.394 e. The van der Waals surface area contributed by atoms with E-state index in [4.69, 9.17) is 0 Å². The molecule has 2 atom stereocenters. The molecular weight excluding hydrogens is 563 g/mol. The Morgan fingerprint density at radius 3 is 2.34 bits per heavy atom. The quantitative estimate of drug-likeness (QED) is 0.431. The Kier molecular flexibility index (Phi) is 7.44. The highest BCUT2D eigenvalue weighted by atomic mass is 19.4. The van der Waals surface area contributed by atoms with E-state index in [1.165, 1.54) is 4.90 Å². The number of fused-ring (bicyclic) bond motifs is 1. The van der Waals surface area contributed by atoms with Crippen molar-refractivity contribution in [3.05, 3.63) is 63.5 Å². The van der Waals surface area contributed by atoms with Gasteiger partial charge in [0.2, 0.25) is 5.43 Å². The molecule has 0 spiro atoms. The molecule has 2 aromatic heterocycles. The van der Waals surface area contributed by atoms with Gasteiger partial charge in [0, 0.05) is 38.0 Å². The molecule has 8 nitrogen and oxygen atoms in total. The van der Waals surface area contributed by atoms with Crippen LogP contribution in [-0.2, 0) is 0 Å². The van der Waals surface area contributed by atoms with Gasteiger partial charge in [0.05, 0.1) is 18.0 Å². The first-order chi connectivity index (χ1) is 19.3. The van der Waals surface area contributed by atoms with Crippen molar-refractivity contribution in [1.29, 1.82) is 0 Å². The van der Waals surface area contributed by atoms with Gasteiger partial charge in [-0.25, -0.2) is 22.5 Å². The summed E-state index contributed by atoms with van der Waals surface area (Å²) in [5, 5.41) is 11.0. The van der Waals surface area contributed by atoms with Crippen molar-refractivity contribution in [2.45, 2.75) is 31.1 Å². The maximum atomic E-state index is 15.5. The van der Waals surface area contributed by atoms with E-state index in [0.29, 0.717) is 42.1 Å². The molecule has 2 aliphatic rings. The highest BCUT2D eigenvalue weighted by molar-refractivity contribution is 5.97. The average molecular weight is 587 g/mol. The second-order valence-electron chi connectivity index (χ2n) is 10.2. The molecule has 2 unspecified atom stereocenters. The van der Waals surface area contributed by atoms with Gasteiger partial charge >= 0.3 is 6.18 Å². The van der Waals surface area contributed by atoms with Crippen LogP contribution >= 0.6 is 0 Å². The van der Waals surface area contributed by atoms with Crippen LogP contribution in [-0.4, -0.2) is 77.0 Å². The number of aliphatic hydroxyl groups is 1. The van der Waals surface area contributed by atoms with Gasteiger partial charge in [-0.3, -0.25) is 14.2 Å². The molecule has 0 radical (unpaired) electrons. The van der Waals surface area contributed by atoms with Gasteiger partial charge in [-0.15, -0.1) is 0 Å². The number of nitrogens with one attached hydrogen (secondary N) is 1. The number of hydrogen-bond acceptors (Lipinski definition) is 6. The summed E-state index contributed by atoms with van der Waals surface area (Å²) >= 11 is 0. The fourth-order valence-electron chi connectivity index (χ4n) is 5.07. The van der Waals surface area contributed by atoms with E-state index < -0.39 is 87.7 Å². The maximum absolute atomic E-state index is 15.5. The molecule has 2 N–H and O–H groups in total. The fourth-order valence-corrected chi connectivity index (χ4v) is 5.07. The number of anilines is 1. The summed E-state index contributed by atoms with van der Waals surface area (Å²) < 4.78 is 100. The highest BCUT2D eigenvalue weighted by Gasteiger charge is 2.50. The number of aromatic nitrogens is 2. The molecule has 1 aliphatic heterocycles. The van der Waals surface area contributed by atoms with Gasteiger partial charge < -0.3 is 20.2 Å². The predicted molar refractivity (Wildman–Crippen MR) is 133 cm³/mol. The van der Waals surface area contributed by atoms with E-state index in [2.05, 4.69) is 4.98 Å². The molecule has 1 amide bonds. The third-order valence-electron chi connectivity index (χ3n) is 7.28. The molecule has 2 fully saturated rings. The predicted octanol–water partition coefficient (Wildman–Crippen LogP) is 3.13. The van der Waals surface area contributed by atoms with Gasteiger partial charge in [-0.2, -0.15) is 13.2 Å². The van der Waals surface area contributed by atoms with Crippen molar-refractivity contribution in [2.75, 3.05) is 38.2 Å². The number of benzene rings is 1. The Balaban J connectivity index is 1.72. The number of aliphatic hydroxyl groups excluding tert-OH is 1. The van der Waals surface area contributed by atoms with E-state index in [0.717, 1.165) is 0 Å². The van der Waals surface area contributed by atoms with Crippen LogP contribution in [0.5, 0.6) is 0 Å². The second kappa shape index (κ2) is 10.6. The highest BCUT2D eigenvalue weighted by Crippen LogP contribution is 2.40. The number of hydrogen-bond donors (Lipinski definition) is 2. The summed E-state index contributed by atoms with van der Waals surface area (Å²) in [5.74, 6) is -8.09. The third-order valence-corrected chi connectivity index (χ3v) is 7.28. The number of nitrogens with zero attached hydrogens (tertiary/aromatic N) is 4. The lowest BCUT2D eigenvalue weighted by molar-refractivity contribution is -0.158. The molecular formula is C26H24F7N5O3. The number of rotatable bonds is 6. The van der Waals surface area contributed by atoms with Gasteiger partial charge in [-0.05, 0) is 31.9 Å².